The minimum atomic E-state index is -0.175. The highest BCUT2D eigenvalue weighted by molar-refractivity contribution is 7.10. The lowest BCUT2D eigenvalue weighted by Gasteiger charge is -2.19. The summed E-state index contributed by atoms with van der Waals surface area (Å²) in [5.74, 6) is 0. The molecule has 0 bridgehead atoms. The van der Waals surface area contributed by atoms with Crippen LogP contribution in [0.2, 0.25) is 0 Å². The van der Waals surface area contributed by atoms with E-state index in [9.17, 15) is 0 Å². The maximum absolute atomic E-state index is 6.40. The predicted octanol–water partition coefficient (Wildman–Crippen LogP) is 2.27. The number of rotatable bonds is 2. The third kappa shape index (κ3) is 1.89. The first-order valence-electron chi connectivity index (χ1n) is 5.91. The second-order valence-corrected chi connectivity index (χ2v) is 5.66. The summed E-state index contributed by atoms with van der Waals surface area (Å²) >= 11 is 1.68. The van der Waals surface area contributed by atoms with E-state index in [2.05, 4.69) is 15.5 Å². The lowest BCUT2D eigenvalue weighted by molar-refractivity contribution is 0.459. The van der Waals surface area contributed by atoms with Crippen LogP contribution >= 0.6 is 11.3 Å². The number of thiazole rings is 1. The molecule has 1 saturated carbocycles. The summed E-state index contributed by atoms with van der Waals surface area (Å²) in [7, 11) is 1.91. The Hall–Kier alpha value is -1.20. The molecule has 2 N–H and O–H groups in total. The van der Waals surface area contributed by atoms with Crippen molar-refractivity contribution in [2.75, 3.05) is 0 Å². The van der Waals surface area contributed by atoms with Crippen molar-refractivity contribution in [3.8, 4) is 11.3 Å². The van der Waals surface area contributed by atoms with Gasteiger partial charge in [0.2, 0.25) is 0 Å². The van der Waals surface area contributed by atoms with Crippen LogP contribution in [0.3, 0.4) is 0 Å². The van der Waals surface area contributed by atoms with Crippen LogP contribution in [0.1, 0.15) is 30.7 Å². The number of hydrogen-bond acceptors (Lipinski definition) is 4. The molecule has 2 aromatic rings. The van der Waals surface area contributed by atoms with Crippen LogP contribution in [-0.2, 0) is 12.6 Å². The van der Waals surface area contributed by atoms with E-state index in [1.165, 1.54) is 12.8 Å². The van der Waals surface area contributed by atoms with Gasteiger partial charge in [0.1, 0.15) is 5.01 Å². The van der Waals surface area contributed by atoms with Crippen LogP contribution in [0.4, 0.5) is 0 Å². The third-order valence-electron chi connectivity index (χ3n) is 3.43. The van der Waals surface area contributed by atoms with Gasteiger partial charge in [0.15, 0.2) is 0 Å². The molecular weight excluding hydrogens is 232 g/mol. The van der Waals surface area contributed by atoms with E-state index in [1.807, 2.05) is 19.4 Å². The van der Waals surface area contributed by atoms with E-state index in [4.69, 9.17) is 5.73 Å². The van der Waals surface area contributed by atoms with E-state index >= 15 is 0 Å². The Kier molecular flexibility index (Phi) is 2.52. The van der Waals surface area contributed by atoms with Gasteiger partial charge in [0.25, 0.3) is 0 Å². The Morgan fingerprint density at radius 1 is 1.41 bits per heavy atom. The second kappa shape index (κ2) is 3.92. The molecule has 2 heterocycles. The summed E-state index contributed by atoms with van der Waals surface area (Å²) in [6.45, 7) is 0. The Labute approximate surface area is 104 Å². The number of nitrogens with zero attached hydrogens (tertiary/aromatic N) is 3. The summed E-state index contributed by atoms with van der Waals surface area (Å²) in [5, 5.41) is 7.33. The van der Waals surface area contributed by atoms with Gasteiger partial charge in [-0.3, -0.25) is 4.68 Å². The molecule has 0 spiro atoms. The fraction of sp³-hybridized carbons (Fsp3) is 0.500. The summed E-state index contributed by atoms with van der Waals surface area (Å²) in [4.78, 5) is 4.69. The van der Waals surface area contributed by atoms with Crippen molar-refractivity contribution in [3.63, 3.8) is 0 Å². The Morgan fingerprint density at radius 2 is 2.18 bits per heavy atom. The van der Waals surface area contributed by atoms with Gasteiger partial charge >= 0.3 is 0 Å². The van der Waals surface area contributed by atoms with Crippen molar-refractivity contribution in [1.82, 2.24) is 14.8 Å². The molecule has 1 aliphatic carbocycles. The predicted molar refractivity (Wildman–Crippen MR) is 68.6 cm³/mol. The topological polar surface area (TPSA) is 56.7 Å². The molecule has 4 nitrogen and oxygen atoms in total. The highest BCUT2D eigenvalue weighted by atomic mass is 32.1. The summed E-state index contributed by atoms with van der Waals surface area (Å²) < 4.78 is 1.79. The molecule has 1 fully saturated rings. The molecule has 0 atom stereocenters. The van der Waals surface area contributed by atoms with Crippen LogP contribution in [0.15, 0.2) is 17.8 Å². The van der Waals surface area contributed by atoms with Crippen molar-refractivity contribution in [3.05, 3.63) is 22.8 Å². The van der Waals surface area contributed by atoms with E-state index < -0.39 is 0 Å². The molecule has 0 saturated heterocycles. The first kappa shape index (κ1) is 10.9. The molecule has 17 heavy (non-hydrogen) atoms. The molecule has 90 valence electrons. The molecule has 3 rings (SSSR count). The van der Waals surface area contributed by atoms with Gasteiger partial charge in [-0.25, -0.2) is 4.98 Å². The van der Waals surface area contributed by atoms with Gasteiger partial charge in [-0.1, -0.05) is 12.8 Å². The van der Waals surface area contributed by atoms with Gasteiger partial charge in [-0.05, 0) is 12.8 Å². The Morgan fingerprint density at radius 3 is 2.82 bits per heavy atom. The maximum Gasteiger partial charge on any atom is 0.113 e. The van der Waals surface area contributed by atoms with Gasteiger partial charge in [-0.15, -0.1) is 11.3 Å². The van der Waals surface area contributed by atoms with Gasteiger partial charge in [-0.2, -0.15) is 5.10 Å². The maximum atomic E-state index is 6.40. The normalized spacial score (nSPS) is 18.7. The van der Waals surface area contributed by atoms with Crippen LogP contribution in [-0.4, -0.2) is 14.8 Å². The monoisotopic (exact) mass is 248 g/mol. The Balaban J connectivity index is 1.92. The van der Waals surface area contributed by atoms with Crippen molar-refractivity contribution in [2.45, 2.75) is 31.2 Å². The van der Waals surface area contributed by atoms with E-state index in [0.717, 1.165) is 29.1 Å². The SMILES string of the molecule is Cn1cc(-c2csc(C3(N)CCCC3)n2)cn1. The molecule has 2 aromatic heterocycles. The largest absolute Gasteiger partial charge is 0.319 e. The van der Waals surface area contributed by atoms with E-state index in [-0.39, 0.29) is 5.54 Å². The average molecular weight is 248 g/mol. The fourth-order valence-electron chi connectivity index (χ4n) is 2.41. The molecule has 0 radical (unpaired) electrons. The first-order valence-corrected chi connectivity index (χ1v) is 6.79. The van der Waals surface area contributed by atoms with Gasteiger partial charge < -0.3 is 5.73 Å². The molecule has 0 amide bonds. The smallest absolute Gasteiger partial charge is 0.113 e. The first-order chi connectivity index (χ1) is 8.17. The molecule has 1 aliphatic rings. The fourth-order valence-corrected chi connectivity index (χ4v) is 3.41. The Bertz CT molecular complexity index is 522. The number of aryl methyl sites for hydroxylation is 1. The highest BCUT2D eigenvalue weighted by Crippen LogP contribution is 2.38. The molecular formula is C12H16N4S. The second-order valence-electron chi connectivity index (χ2n) is 4.80. The van der Waals surface area contributed by atoms with Gasteiger partial charge in [0.05, 0.1) is 17.4 Å². The average Bonchev–Trinajstić information content (AvgIpc) is 2.96. The van der Waals surface area contributed by atoms with Crippen molar-refractivity contribution in [1.29, 1.82) is 0 Å². The molecule has 0 unspecified atom stereocenters. The minimum absolute atomic E-state index is 0.175. The van der Waals surface area contributed by atoms with Crippen molar-refractivity contribution in [2.24, 2.45) is 12.8 Å². The number of hydrogen-bond donors (Lipinski definition) is 1. The lowest BCUT2D eigenvalue weighted by atomic mass is 10.0. The molecule has 0 aliphatic heterocycles. The molecule has 0 aromatic carbocycles. The lowest BCUT2D eigenvalue weighted by Crippen LogP contribution is -2.32. The third-order valence-corrected chi connectivity index (χ3v) is 4.49. The number of nitrogens with two attached hydrogens (primary N) is 1. The quantitative estimate of drug-likeness (QED) is 0.887. The van der Waals surface area contributed by atoms with Crippen LogP contribution in [0, 0.1) is 0 Å². The van der Waals surface area contributed by atoms with Crippen molar-refractivity contribution >= 4 is 11.3 Å². The highest BCUT2D eigenvalue weighted by Gasteiger charge is 2.34. The van der Waals surface area contributed by atoms with Gasteiger partial charge in [0, 0.05) is 24.2 Å². The zero-order chi connectivity index (χ0) is 11.9. The zero-order valence-electron chi connectivity index (χ0n) is 9.89. The summed E-state index contributed by atoms with van der Waals surface area (Å²) in [6.07, 6.45) is 8.39. The number of aromatic nitrogens is 3. The van der Waals surface area contributed by atoms with Crippen molar-refractivity contribution < 1.29 is 0 Å². The van der Waals surface area contributed by atoms with E-state index in [0.29, 0.717) is 0 Å². The van der Waals surface area contributed by atoms with Crippen LogP contribution in [0.5, 0.6) is 0 Å². The minimum Gasteiger partial charge on any atom is -0.319 e. The zero-order valence-corrected chi connectivity index (χ0v) is 10.7. The standard InChI is InChI=1S/C12H16N4S/c1-16-7-9(6-14-16)10-8-17-11(15-10)12(13)4-2-3-5-12/h6-8H,2-5,13H2,1H3. The van der Waals surface area contributed by atoms with Crippen LogP contribution in [0.25, 0.3) is 11.3 Å². The van der Waals surface area contributed by atoms with E-state index in [1.54, 1.807) is 16.0 Å². The summed E-state index contributed by atoms with van der Waals surface area (Å²) in [6, 6.07) is 0. The molecule has 5 heteroatoms. The van der Waals surface area contributed by atoms with Crippen LogP contribution < -0.4 is 5.73 Å². The summed E-state index contributed by atoms with van der Waals surface area (Å²) in [5.41, 5.74) is 8.29.